The molecule has 88 valence electrons. The van der Waals surface area contributed by atoms with Gasteiger partial charge in [-0.2, -0.15) is 5.10 Å². The first-order valence-corrected chi connectivity index (χ1v) is 6.50. The van der Waals surface area contributed by atoms with E-state index in [9.17, 15) is 0 Å². The van der Waals surface area contributed by atoms with E-state index in [1.54, 1.807) is 0 Å². The van der Waals surface area contributed by atoms with E-state index < -0.39 is 0 Å². The summed E-state index contributed by atoms with van der Waals surface area (Å²) in [4.78, 5) is 0. The van der Waals surface area contributed by atoms with Crippen molar-refractivity contribution >= 4 is 11.6 Å². The van der Waals surface area contributed by atoms with Crippen molar-refractivity contribution in [1.82, 2.24) is 9.78 Å². The van der Waals surface area contributed by atoms with Crippen LogP contribution in [-0.4, -0.2) is 9.78 Å². The second-order valence-corrected chi connectivity index (χ2v) is 5.02. The summed E-state index contributed by atoms with van der Waals surface area (Å²) >= 11 is 6.03. The third-order valence-corrected chi connectivity index (χ3v) is 3.45. The van der Waals surface area contributed by atoms with Crippen molar-refractivity contribution in [1.29, 1.82) is 0 Å². The molecule has 0 N–H and O–H groups in total. The number of halogens is 1. The van der Waals surface area contributed by atoms with Gasteiger partial charge in [0.05, 0.1) is 11.4 Å². The van der Waals surface area contributed by atoms with E-state index >= 15 is 0 Å². The molecule has 17 heavy (non-hydrogen) atoms. The minimum atomic E-state index is 0.695. The van der Waals surface area contributed by atoms with Gasteiger partial charge in [0.1, 0.15) is 0 Å². The van der Waals surface area contributed by atoms with E-state index in [4.69, 9.17) is 16.7 Å². The van der Waals surface area contributed by atoms with Crippen LogP contribution < -0.4 is 0 Å². The van der Waals surface area contributed by atoms with Crippen molar-refractivity contribution in [2.24, 2.45) is 0 Å². The molecule has 3 rings (SSSR count). The lowest BCUT2D eigenvalue weighted by Gasteiger charge is -2.05. The second kappa shape index (κ2) is 4.19. The maximum Gasteiger partial charge on any atom is 0.0663 e. The third-order valence-electron chi connectivity index (χ3n) is 3.21. The Morgan fingerprint density at radius 1 is 1.35 bits per heavy atom. The van der Waals surface area contributed by atoms with Crippen LogP contribution in [0.3, 0.4) is 0 Å². The van der Waals surface area contributed by atoms with Gasteiger partial charge in [-0.15, -0.1) is 0 Å². The fourth-order valence-electron chi connectivity index (χ4n) is 2.10. The smallest absolute Gasteiger partial charge is 0.0663 e. The number of hydrogen-bond donors (Lipinski definition) is 0. The number of benzene rings is 1. The molecule has 1 saturated carbocycles. The molecule has 0 saturated heterocycles. The third kappa shape index (κ3) is 2.09. The molecule has 1 heterocycles. The van der Waals surface area contributed by atoms with Crippen LogP contribution >= 0.6 is 11.6 Å². The van der Waals surface area contributed by atoms with Gasteiger partial charge >= 0.3 is 0 Å². The van der Waals surface area contributed by atoms with Crippen molar-refractivity contribution in [3.05, 3.63) is 46.7 Å². The molecular weight excluding hydrogens is 232 g/mol. The largest absolute Gasteiger partial charge is 0.238 e. The molecule has 3 heteroatoms. The lowest BCUT2D eigenvalue weighted by molar-refractivity contribution is 0.792. The molecule has 1 aliphatic carbocycles. The van der Waals surface area contributed by atoms with Gasteiger partial charge in [0.25, 0.3) is 0 Å². The highest BCUT2D eigenvalue weighted by atomic mass is 35.5. The second-order valence-electron chi connectivity index (χ2n) is 4.58. The SMILES string of the molecule is CCc1cc(C2CC2)nn1-c1cccc(Cl)c1. The van der Waals surface area contributed by atoms with Crippen molar-refractivity contribution in [2.45, 2.75) is 32.1 Å². The van der Waals surface area contributed by atoms with Gasteiger partial charge in [0, 0.05) is 16.6 Å². The molecule has 1 aromatic heterocycles. The Balaban J connectivity index is 2.06. The van der Waals surface area contributed by atoms with Crippen LogP contribution in [0.1, 0.15) is 37.1 Å². The highest BCUT2D eigenvalue weighted by Gasteiger charge is 2.27. The van der Waals surface area contributed by atoms with Gasteiger partial charge in [-0.25, -0.2) is 4.68 Å². The van der Waals surface area contributed by atoms with Gasteiger partial charge in [-0.05, 0) is 43.5 Å². The van der Waals surface area contributed by atoms with Gasteiger partial charge in [-0.3, -0.25) is 0 Å². The molecule has 0 spiro atoms. The fourth-order valence-corrected chi connectivity index (χ4v) is 2.29. The zero-order chi connectivity index (χ0) is 11.8. The Morgan fingerprint density at radius 3 is 2.82 bits per heavy atom. The first kappa shape index (κ1) is 10.8. The Morgan fingerprint density at radius 2 is 2.18 bits per heavy atom. The standard InChI is InChI=1S/C14H15ClN2/c1-2-12-9-14(10-6-7-10)16-17(12)13-5-3-4-11(15)8-13/h3-5,8-10H,2,6-7H2,1H3. The van der Waals surface area contributed by atoms with E-state index in [0.29, 0.717) is 5.92 Å². The van der Waals surface area contributed by atoms with Gasteiger partial charge < -0.3 is 0 Å². The lowest BCUT2D eigenvalue weighted by Crippen LogP contribution is -2.01. The van der Waals surface area contributed by atoms with Crippen LogP contribution in [0.5, 0.6) is 0 Å². The average molecular weight is 247 g/mol. The molecular formula is C14H15ClN2. The number of nitrogens with zero attached hydrogens (tertiary/aromatic N) is 2. The summed E-state index contributed by atoms with van der Waals surface area (Å²) in [6.07, 6.45) is 3.57. The summed E-state index contributed by atoms with van der Waals surface area (Å²) in [6, 6.07) is 10.1. The summed E-state index contributed by atoms with van der Waals surface area (Å²) < 4.78 is 2.03. The lowest BCUT2D eigenvalue weighted by atomic mass is 10.2. The molecule has 1 aromatic carbocycles. The van der Waals surface area contributed by atoms with E-state index in [-0.39, 0.29) is 0 Å². The van der Waals surface area contributed by atoms with Gasteiger partial charge in [0.15, 0.2) is 0 Å². The van der Waals surface area contributed by atoms with Crippen molar-refractivity contribution in [3.63, 3.8) is 0 Å². The molecule has 0 atom stereocenters. The average Bonchev–Trinajstić information content (AvgIpc) is 3.09. The van der Waals surface area contributed by atoms with Gasteiger partial charge in [-0.1, -0.05) is 24.6 Å². The first-order valence-electron chi connectivity index (χ1n) is 6.12. The number of rotatable bonds is 3. The summed E-state index contributed by atoms with van der Waals surface area (Å²) in [5.41, 5.74) is 3.55. The topological polar surface area (TPSA) is 17.8 Å². The quantitative estimate of drug-likeness (QED) is 0.802. The normalized spacial score (nSPS) is 15.2. The molecule has 1 fully saturated rings. The van der Waals surface area contributed by atoms with E-state index in [0.717, 1.165) is 17.1 Å². The maximum absolute atomic E-state index is 6.03. The molecule has 0 unspecified atom stereocenters. The minimum absolute atomic E-state index is 0.695. The van der Waals surface area contributed by atoms with Crippen LogP contribution in [0.15, 0.2) is 30.3 Å². The van der Waals surface area contributed by atoms with Crippen molar-refractivity contribution < 1.29 is 0 Å². The monoisotopic (exact) mass is 246 g/mol. The van der Waals surface area contributed by atoms with E-state index in [1.165, 1.54) is 24.2 Å². The van der Waals surface area contributed by atoms with Crippen molar-refractivity contribution in [2.75, 3.05) is 0 Å². The molecule has 0 bridgehead atoms. The molecule has 1 aliphatic rings. The first-order chi connectivity index (χ1) is 8.28. The zero-order valence-electron chi connectivity index (χ0n) is 9.86. The summed E-state index contributed by atoms with van der Waals surface area (Å²) in [6.45, 7) is 2.16. The molecule has 0 amide bonds. The molecule has 2 aromatic rings. The summed E-state index contributed by atoms with van der Waals surface area (Å²) in [5.74, 6) is 0.695. The van der Waals surface area contributed by atoms with E-state index in [1.807, 2.05) is 22.9 Å². The van der Waals surface area contributed by atoms with Crippen LogP contribution in [0, 0.1) is 0 Å². The van der Waals surface area contributed by atoms with Crippen LogP contribution in [0.2, 0.25) is 5.02 Å². The van der Waals surface area contributed by atoms with Crippen LogP contribution in [0.4, 0.5) is 0 Å². The Labute approximate surface area is 106 Å². The predicted molar refractivity (Wildman–Crippen MR) is 69.9 cm³/mol. The Bertz CT molecular complexity index is 541. The Hall–Kier alpha value is -1.28. The highest BCUT2D eigenvalue weighted by molar-refractivity contribution is 6.30. The van der Waals surface area contributed by atoms with Gasteiger partial charge in [0.2, 0.25) is 0 Å². The maximum atomic E-state index is 6.03. The summed E-state index contributed by atoms with van der Waals surface area (Å²) in [5, 5.41) is 5.47. The zero-order valence-corrected chi connectivity index (χ0v) is 10.6. The van der Waals surface area contributed by atoms with Crippen molar-refractivity contribution in [3.8, 4) is 5.69 Å². The van der Waals surface area contributed by atoms with Crippen LogP contribution in [-0.2, 0) is 6.42 Å². The predicted octanol–water partition coefficient (Wildman–Crippen LogP) is 3.97. The molecule has 2 nitrogen and oxygen atoms in total. The number of hydrogen-bond acceptors (Lipinski definition) is 1. The fraction of sp³-hybridized carbons (Fsp3) is 0.357. The van der Waals surface area contributed by atoms with E-state index in [2.05, 4.69) is 19.1 Å². The minimum Gasteiger partial charge on any atom is -0.238 e. The van der Waals surface area contributed by atoms with Crippen LogP contribution in [0.25, 0.3) is 5.69 Å². The number of aryl methyl sites for hydroxylation is 1. The summed E-state index contributed by atoms with van der Waals surface area (Å²) in [7, 11) is 0. The highest BCUT2D eigenvalue weighted by Crippen LogP contribution is 2.39. The molecule has 0 radical (unpaired) electrons. The Kier molecular flexibility index (Phi) is 2.67. The molecule has 0 aliphatic heterocycles. The number of aromatic nitrogens is 2.